The molecule has 0 fully saturated rings. The van der Waals surface area contributed by atoms with Crippen molar-refractivity contribution < 1.29 is 4.42 Å². The zero-order valence-corrected chi connectivity index (χ0v) is 32.8. The normalized spacial score (nSPS) is 11.7. The van der Waals surface area contributed by atoms with Gasteiger partial charge in [-0.25, -0.2) is 0 Å². The van der Waals surface area contributed by atoms with Crippen molar-refractivity contribution in [1.29, 1.82) is 0 Å². The first kappa shape index (κ1) is 33.7. The first-order valence-corrected chi connectivity index (χ1v) is 20.9. The van der Waals surface area contributed by atoms with Gasteiger partial charge in [0.2, 0.25) is 0 Å². The average molecular weight is 770 g/mol. The van der Waals surface area contributed by atoms with Gasteiger partial charge in [0.15, 0.2) is 0 Å². The Morgan fingerprint density at radius 2 is 0.983 bits per heavy atom. The van der Waals surface area contributed by atoms with Crippen LogP contribution < -0.4 is 4.90 Å². The van der Waals surface area contributed by atoms with Gasteiger partial charge in [-0.2, -0.15) is 0 Å². The molecular formula is C56H35NOS. The van der Waals surface area contributed by atoms with Crippen molar-refractivity contribution in [2.75, 3.05) is 4.90 Å². The van der Waals surface area contributed by atoms with Crippen LogP contribution in [0.4, 0.5) is 17.1 Å². The summed E-state index contributed by atoms with van der Waals surface area (Å²) in [5.41, 5.74) is 12.2. The molecule has 276 valence electrons. The van der Waals surface area contributed by atoms with Crippen LogP contribution >= 0.6 is 11.3 Å². The highest BCUT2D eigenvalue weighted by molar-refractivity contribution is 7.26. The summed E-state index contributed by atoms with van der Waals surface area (Å²) >= 11 is 1.86. The molecule has 0 radical (unpaired) electrons. The number of rotatable bonds is 6. The van der Waals surface area contributed by atoms with Crippen molar-refractivity contribution in [3.63, 3.8) is 0 Å². The molecule has 3 heteroatoms. The third-order valence-electron chi connectivity index (χ3n) is 11.9. The number of benzene rings is 10. The number of hydrogen-bond acceptors (Lipinski definition) is 3. The summed E-state index contributed by atoms with van der Waals surface area (Å²) in [5.74, 6) is 0. The minimum atomic E-state index is 0.893. The molecule has 0 atom stereocenters. The second-order valence-electron chi connectivity index (χ2n) is 15.2. The number of hydrogen-bond donors (Lipinski definition) is 0. The Bertz CT molecular complexity index is 3560. The van der Waals surface area contributed by atoms with Crippen LogP contribution in [0.1, 0.15) is 0 Å². The molecule has 0 spiro atoms. The third-order valence-corrected chi connectivity index (χ3v) is 13.1. The van der Waals surface area contributed by atoms with Crippen molar-refractivity contribution in [1.82, 2.24) is 0 Å². The van der Waals surface area contributed by atoms with E-state index in [1.165, 1.54) is 52.8 Å². The SMILES string of the molecule is c1ccc(-c2cc(N(c3ccc(-c4cc5ccccc5c5ccccc45)cc3)c3cccc4c3sc3ccccc34)ccc2-c2ccc3c(c2)oc2ccccc23)cc1. The second-order valence-corrected chi connectivity index (χ2v) is 16.3. The van der Waals surface area contributed by atoms with E-state index in [9.17, 15) is 0 Å². The molecule has 10 aromatic carbocycles. The molecule has 2 heterocycles. The number of anilines is 3. The minimum Gasteiger partial charge on any atom is -0.456 e. The summed E-state index contributed by atoms with van der Waals surface area (Å²) in [7, 11) is 0. The van der Waals surface area contributed by atoms with Crippen LogP contribution in [0.3, 0.4) is 0 Å². The number of furan rings is 1. The van der Waals surface area contributed by atoms with Crippen molar-refractivity contribution in [3.8, 4) is 33.4 Å². The highest BCUT2D eigenvalue weighted by Crippen LogP contribution is 2.47. The van der Waals surface area contributed by atoms with Gasteiger partial charge in [0.05, 0.1) is 10.4 Å². The predicted octanol–water partition coefficient (Wildman–Crippen LogP) is 16.7. The Hall–Kier alpha value is -7.46. The van der Waals surface area contributed by atoms with Crippen LogP contribution in [0.15, 0.2) is 217 Å². The largest absolute Gasteiger partial charge is 0.456 e. The van der Waals surface area contributed by atoms with E-state index >= 15 is 0 Å². The summed E-state index contributed by atoms with van der Waals surface area (Å²) in [5, 5.41) is 9.88. The molecule has 0 N–H and O–H groups in total. The fraction of sp³-hybridized carbons (Fsp3) is 0. The summed E-state index contributed by atoms with van der Waals surface area (Å²) in [4.78, 5) is 2.44. The Morgan fingerprint density at radius 1 is 0.339 bits per heavy atom. The van der Waals surface area contributed by atoms with Crippen molar-refractivity contribution in [3.05, 3.63) is 212 Å². The van der Waals surface area contributed by atoms with Crippen LogP contribution in [0.2, 0.25) is 0 Å². The van der Waals surface area contributed by atoms with Crippen LogP contribution in [-0.4, -0.2) is 0 Å². The van der Waals surface area contributed by atoms with E-state index in [0.29, 0.717) is 0 Å². The first-order chi connectivity index (χ1) is 29.2. The van der Waals surface area contributed by atoms with E-state index in [1.807, 2.05) is 23.5 Å². The molecule has 0 unspecified atom stereocenters. The summed E-state index contributed by atoms with van der Waals surface area (Å²) < 4.78 is 8.93. The highest BCUT2D eigenvalue weighted by atomic mass is 32.1. The smallest absolute Gasteiger partial charge is 0.136 e. The zero-order chi connectivity index (χ0) is 38.9. The van der Waals surface area contributed by atoms with Gasteiger partial charge in [0.1, 0.15) is 11.2 Å². The molecule has 0 saturated heterocycles. The summed E-state index contributed by atoms with van der Waals surface area (Å²) in [6.45, 7) is 0. The molecule has 2 nitrogen and oxygen atoms in total. The number of para-hydroxylation sites is 1. The Labute approximate surface area is 345 Å². The predicted molar refractivity (Wildman–Crippen MR) is 253 cm³/mol. The van der Waals surface area contributed by atoms with E-state index in [4.69, 9.17) is 4.42 Å². The van der Waals surface area contributed by atoms with Crippen molar-refractivity contribution in [2.45, 2.75) is 0 Å². The molecule has 0 amide bonds. The maximum atomic E-state index is 6.38. The lowest BCUT2D eigenvalue weighted by molar-refractivity contribution is 0.669. The molecular weight excluding hydrogens is 735 g/mol. The second kappa shape index (κ2) is 13.6. The molecule has 12 rings (SSSR count). The molecule has 2 aromatic heterocycles. The Kier molecular flexibility index (Phi) is 7.75. The van der Waals surface area contributed by atoms with E-state index in [0.717, 1.165) is 61.3 Å². The third kappa shape index (κ3) is 5.55. The van der Waals surface area contributed by atoms with E-state index < -0.39 is 0 Å². The molecule has 0 aliphatic carbocycles. The van der Waals surface area contributed by atoms with Gasteiger partial charge in [0, 0.05) is 37.6 Å². The molecule has 12 aromatic rings. The zero-order valence-electron chi connectivity index (χ0n) is 32.0. The summed E-state index contributed by atoms with van der Waals surface area (Å²) in [6, 6.07) is 77.1. The van der Waals surface area contributed by atoms with Gasteiger partial charge in [-0.1, -0.05) is 152 Å². The lowest BCUT2D eigenvalue weighted by Crippen LogP contribution is -2.10. The number of fused-ring (bicyclic) bond motifs is 9. The van der Waals surface area contributed by atoms with E-state index in [-0.39, 0.29) is 0 Å². The van der Waals surface area contributed by atoms with Gasteiger partial charge < -0.3 is 9.32 Å². The standard InChI is InChI=1S/C56H35NOS/c1-2-13-36(14-3-1)51-35-41(30-32-43(51)39-27-31-47-46-19-8-10-23-53(46)58-54(47)34-39)57(52-22-12-21-49-48-20-9-11-24-55(48)59-56(49)52)40-28-25-37(26-29-40)50-33-38-15-4-5-16-42(38)44-17-6-7-18-45(44)50/h1-35H. The maximum Gasteiger partial charge on any atom is 0.136 e. The summed E-state index contributed by atoms with van der Waals surface area (Å²) in [6.07, 6.45) is 0. The lowest BCUT2D eigenvalue weighted by Gasteiger charge is -2.27. The van der Waals surface area contributed by atoms with Crippen molar-refractivity contribution >= 4 is 92.1 Å². The highest BCUT2D eigenvalue weighted by Gasteiger charge is 2.21. The monoisotopic (exact) mass is 769 g/mol. The Morgan fingerprint density at radius 3 is 1.85 bits per heavy atom. The van der Waals surface area contributed by atoms with E-state index in [1.54, 1.807) is 0 Å². The maximum absolute atomic E-state index is 6.38. The van der Waals surface area contributed by atoms with Crippen LogP contribution in [0.25, 0.3) is 97.0 Å². The van der Waals surface area contributed by atoms with Gasteiger partial charge in [-0.05, 0) is 116 Å². The van der Waals surface area contributed by atoms with E-state index in [2.05, 4.69) is 205 Å². The fourth-order valence-electron chi connectivity index (χ4n) is 9.09. The Balaban J connectivity index is 1.06. The van der Waals surface area contributed by atoms with Crippen LogP contribution in [0, 0.1) is 0 Å². The van der Waals surface area contributed by atoms with Gasteiger partial charge >= 0.3 is 0 Å². The number of thiophene rings is 1. The molecule has 59 heavy (non-hydrogen) atoms. The molecule has 0 aliphatic heterocycles. The fourth-order valence-corrected chi connectivity index (χ4v) is 10.3. The quantitative estimate of drug-likeness (QED) is 0.157. The molecule has 0 saturated carbocycles. The molecule has 0 bridgehead atoms. The minimum absolute atomic E-state index is 0.893. The first-order valence-electron chi connectivity index (χ1n) is 20.1. The van der Waals surface area contributed by atoms with Gasteiger partial charge in [0.25, 0.3) is 0 Å². The topological polar surface area (TPSA) is 16.4 Å². The van der Waals surface area contributed by atoms with Gasteiger partial charge in [-0.15, -0.1) is 11.3 Å². The van der Waals surface area contributed by atoms with Crippen LogP contribution in [-0.2, 0) is 0 Å². The number of nitrogens with zero attached hydrogens (tertiary/aromatic N) is 1. The van der Waals surface area contributed by atoms with Crippen LogP contribution in [0.5, 0.6) is 0 Å². The average Bonchev–Trinajstić information content (AvgIpc) is 3.88. The molecule has 0 aliphatic rings. The lowest BCUT2D eigenvalue weighted by atomic mass is 9.92. The van der Waals surface area contributed by atoms with Crippen molar-refractivity contribution in [2.24, 2.45) is 0 Å². The van der Waals surface area contributed by atoms with Gasteiger partial charge in [-0.3, -0.25) is 0 Å².